The lowest BCUT2D eigenvalue weighted by Gasteiger charge is -2.27. The van der Waals surface area contributed by atoms with Crippen LogP contribution in [0.25, 0.3) is 0 Å². The summed E-state index contributed by atoms with van der Waals surface area (Å²) in [5.41, 5.74) is 1.23. The van der Waals surface area contributed by atoms with Crippen LogP contribution in [0.1, 0.15) is 70.3 Å². The molecule has 2 nitrogen and oxygen atoms in total. The highest BCUT2D eigenvalue weighted by molar-refractivity contribution is 5.68. The van der Waals surface area contributed by atoms with Gasteiger partial charge < -0.3 is 12.4 Å². The normalized spacial score (nSPS) is 11.1. The Kier molecular flexibility index (Phi) is 12.1. The van der Waals surface area contributed by atoms with Crippen LogP contribution in [0.3, 0.4) is 0 Å². The standard InChI is InChI=1S/C20H34NO.ClH/c1-4-5-6-7-8-9-10-14-17-20(22)21(2,3)18-19-15-12-11-13-16-19;/h11-13,15-16H,4-10,14,17-18H2,1-3H3;1H/q+1;/p-1. The third-order valence-electron chi connectivity index (χ3n) is 4.34. The van der Waals surface area contributed by atoms with E-state index < -0.39 is 0 Å². The van der Waals surface area contributed by atoms with E-state index in [0.717, 1.165) is 19.4 Å². The lowest BCUT2D eigenvalue weighted by Crippen LogP contribution is -3.00. The van der Waals surface area contributed by atoms with E-state index in [0.29, 0.717) is 10.4 Å². The number of carbonyl (C=O) groups excluding carboxylic acids is 1. The predicted octanol–water partition coefficient (Wildman–Crippen LogP) is 2.32. The second kappa shape index (κ2) is 12.5. The number of amides is 1. The van der Waals surface area contributed by atoms with Crippen molar-refractivity contribution >= 4 is 5.91 Å². The Hall–Kier alpha value is -0.860. The van der Waals surface area contributed by atoms with Crippen LogP contribution in [0, 0.1) is 0 Å². The SMILES string of the molecule is CCCCCCCCCCC(=O)[N+](C)(C)Cc1ccccc1.[Cl-]. The number of rotatable bonds is 11. The molecule has 0 N–H and O–H groups in total. The van der Waals surface area contributed by atoms with Crippen LogP contribution in [0.5, 0.6) is 0 Å². The highest BCUT2D eigenvalue weighted by atomic mass is 35.5. The Bertz CT molecular complexity index is 417. The predicted molar refractivity (Wildman–Crippen MR) is 94.5 cm³/mol. The first-order chi connectivity index (χ1) is 10.6. The van der Waals surface area contributed by atoms with Crippen LogP contribution in [0.4, 0.5) is 0 Å². The Morgan fingerprint density at radius 3 is 1.96 bits per heavy atom. The molecule has 1 rings (SSSR count). The van der Waals surface area contributed by atoms with Gasteiger partial charge >= 0.3 is 5.91 Å². The van der Waals surface area contributed by atoms with Gasteiger partial charge in [0, 0.05) is 5.56 Å². The molecule has 1 amide bonds. The Labute approximate surface area is 149 Å². The summed E-state index contributed by atoms with van der Waals surface area (Å²) in [4.78, 5) is 12.4. The van der Waals surface area contributed by atoms with Crippen molar-refractivity contribution in [3.05, 3.63) is 35.9 Å². The van der Waals surface area contributed by atoms with Crippen molar-refractivity contribution in [3.8, 4) is 0 Å². The molecule has 0 aliphatic heterocycles. The summed E-state index contributed by atoms with van der Waals surface area (Å²) in [6.45, 7) is 3.04. The number of halogens is 1. The number of hydrogen-bond donors (Lipinski definition) is 0. The summed E-state index contributed by atoms with van der Waals surface area (Å²) in [5.74, 6) is 0.356. The highest BCUT2D eigenvalue weighted by Gasteiger charge is 2.25. The molecule has 0 atom stereocenters. The van der Waals surface area contributed by atoms with E-state index >= 15 is 0 Å². The van der Waals surface area contributed by atoms with Crippen molar-refractivity contribution in [1.82, 2.24) is 0 Å². The van der Waals surface area contributed by atoms with Gasteiger partial charge in [-0.05, 0) is 6.42 Å². The fraction of sp³-hybridized carbons (Fsp3) is 0.650. The fourth-order valence-corrected chi connectivity index (χ4v) is 2.84. The molecule has 0 heterocycles. The molecule has 0 spiro atoms. The molecule has 3 heteroatoms. The van der Waals surface area contributed by atoms with E-state index in [1.165, 1.54) is 50.5 Å². The number of quaternary nitrogens is 1. The van der Waals surface area contributed by atoms with Crippen LogP contribution in [0.15, 0.2) is 30.3 Å². The smallest absolute Gasteiger partial charge is 0.313 e. The minimum atomic E-state index is 0. The van der Waals surface area contributed by atoms with E-state index in [2.05, 4.69) is 19.1 Å². The summed E-state index contributed by atoms with van der Waals surface area (Å²) in [6.07, 6.45) is 11.0. The Morgan fingerprint density at radius 1 is 0.870 bits per heavy atom. The molecule has 0 aliphatic rings. The number of hydrogen-bond acceptors (Lipinski definition) is 1. The average Bonchev–Trinajstić information content (AvgIpc) is 2.50. The second-order valence-electron chi connectivity index (χ2n) is 6.95. The molecule has 0 unspecified atom stereocenters. The fourth-order valence-electron chi connectivity index (χ4n) is 2.84. The van der Waals surface area contributed by atoms with Gasteiger partial charge in [-0.1, -0.05) is 82.2 Å². The van der Waals surface area contributed by atoms with Gasteiger partial charge in [0.2, 0.25) is 0 Å². The summed E-state index contributed by atoms with van der Waals surface area (Å²) in [5, 5.41) is 0. The van der Waals surface area contributed by atoms with Gasteiger partial charge in [0.25, 0.3) is 0 Å². The zero-order valence-electron chi connectivity index (χ0n) is 15.2. The molecule has 0 aliphatic carbocycles. The molecule has 132 valence electrons. The van der Waals surface area contributed by atoms with Crippen LogP contribution in [-0.4, -0.2) is 24.5 Å². The van der Waals surface area contributed by atoms with Crippen molar-refractivity contribution in [2.75, 3.05) is 14.1 Å². The maximum absolute atomic E-state index is 12.4. The topological polar surface area (TPSA) is 17.1 Å². The average molecular weight is 340 g/mol. The molecular weight excluding hydrogens is 306 g/mol. The number of benzene rings is 1. The van der Waals surface area contributed by atoms with Crippen molar-refractivity contribution < 1.29 is 21.7 Å². The monoisotopic (exact) mass is 339 g/mol. The van der Waals surface area contributed by atoms with E-state index in [1.807, 2.05) is 32.3 Å². The lowest BCUT2D eigenvalue weighted by atomic mass is 10.1. The summed E-state index contributed by atoms with van der Waals surface area (Å²) >= 11 is 0. The first kappa shape index (κ1) is 22.1. The van der Waals surface area contributed by atoms with Gasteiger partial charge in [-0.2, -0.15) is 0 Å². The molecule has 0 fully saturated rings. The Balaban J connectivity index is 0.00000484. The van der Waals surface area contributed by atoms with Crippen LogP contribution in [-0.2, 0) is 11.3 Å². The third kappa shape index (κ3) is 9.78. The minimum absolute atomic E-state index is 0. The molecule has 0 aromatic heterocycles. The molecule has 0 saturated heterocycles. The lowest BCUT2D eigenvalue weighted by molar-refractivity contribution is -0.828. The Morgan fingerprint density at radius 2 is 1.39 bits per heavy atom. The van der Waals surface area contributed by atoms with Gasteiger partial charge in [0.15, 0.2) is 0 Å². The summed E-state index contributed by atoms with van der Waals surface area (Å²) in [6, 6.07) is 10.3. The molecule has 1 aromatic carbocycles. The molecule has 0 radical (unpaired) electrons. The van der Waals surface area contributed by atoms with Crippen molar-refractivity contribution in [1.29, 1.82) is 0 Å². The number of carbonyl (C=O) groups is 1. The molecule has 0 saturated carbocycles. The molecule has 0 bridgehead atoms. The maximum Gasteiger partial charge on any atom is 0.313 e. The minimum Gasteiger partial charge on any atom is -1.00 e. The van der Waals surface area contributed by atoms with Gasteiger partial charge in [-0.3, -0.25) is 4.48 Å². The van der Waals surface area contributed by atoms with Gasteiger partial charge in [0.1, 0.15) is 6.54 Å². The largest absolute Gasteiger partial charge is 1.00 e. The second-order valence-corrected chi connectivity index (χ2v) is 6.95. The van der Waals surface area contributed by atoms with Crippen molar-refractivity contribution in [2.45, 2.75) is 71.3 Å². The van der Waals surface area contributed by atoms with Crippen LogP contribution >= 0.6 is 0 Å². The maximum atomic E-state index is 12.4. The summed E-state index contributed by atoms with van der Waals surface area (Å²) in [7, 11) is 4.06. The van der Waals surface area contributed by atoms with Crippen molar-refractivity contribution in [2.24, 2.45) is 0 Å². The van der Waals surface area contributed by atoms with Crippen LogP contribution in [0.2, 0.25) is 0 Å². The number of nitrogens with zero attached hydrogens (tertiary/aromatic N) is 1. The highest BCUT2D eigenvalue weighted by Crippen LogP contribution is 2.14. The quantitative estimate of drug-likeness (QED) is 0.446. The zero-order chi connectivity index (χ0) is 16.3. The van der Waals surface area contributed by atoms with Crippen molar-refractivity contribution in [3.63, 3.8) is 0 Å². The van der Waals surface area contributed by atoms with E-state index in [-0.39, 0.29) is 12.4 Å². The molecule has 23 heavy (non-hydrogen) atoms. The van der Waals surface area contributed by atoms with E-state index in [4.69, 9.17) is 0 Å². The van der Waals surface area contributed by atoms with Gasteiger partial charge in [-0.15, -0.1) is 0 Å². The van der Waals surface area contributed by atoms with Crippen LogP contribution < -0.4 is 12.4 Å². The van der Waals surface area contributed by atoms with Gasteiger partial charge in [-0.25, -0.2) is 4.79 Å². The zero-order valence-corrected chi connectivity index (χ0v) is 15.9. The summed E-state index contributed by atoms with van der Waals surface area (Å²) < 4.78 is 0.459. The number of unbranched alkanes of at least 4 members (excludes halogenated alkanes) is 7. The first-order valence-corrected chi connectivity index (χ1v) is 8.96. The first-order valence-electron chi connectivity index (χ1n) is 8.96. The molecule has 1 aromatic rings. The van der Waals surface area contributed by atoms with Gasteiger partial charge in [0.05, 0.1) is 20.5 Å². The third-order valence-corrected chi connectivity index (χ3v) is 4.34. The van der Waals surface area contributed by atoms with E-state index in [1.54, 1.807) is 0 Å². The van der Waals surface area contributed by atoms with E-state index in [9.17, 15) is 4.79 Å². The molecular formula is C20H34ClNO.